The van der Waals surface area contributed by atoms with Crippen LogP contribution in [0.4, 0.5) is 0 Å². The standard InChI is InChI=1S/C18H17N3O2/c1-11-4-5-13(17(22)19-2)9-15(11)12-6-7-16-14(8-12)10-20-18(23)21(16)3/h4-10H,1-3H3,(H,19,22). The Morgan fingerprint density at radius 1 is 1.17 bits per heavy atom. The van der Waals surface area contributed by atoms with Crippen LogP contribution < -0.4 is 11.0 Å². The van der Waals surface area contributed by atoms with Crippen molar-refractivity contribution in [3.8, 4) is 11.1 Å². The van der Waals surface area contributed by atoms with Crippen molar-refractivity contribution in [3.05, 3.63) is 64.2 Å². The van der Waals surface area contributed by atoms with Crippen molar-refractivity contribution in [2.24, 2.45) is 7.05 Å². The normalized spacial score (nSPS) is 10.7. The maximum atomic E-state index is 11.8. The van der Waals surface area contributed by atoms with Crippen LogP contribution in [0.25, 0.3) is 22.0 Å². The van der Waals surface area contributed by atoms with Gasteiger partial charge in [0.15, 0.2) is 0 Å². The first-order valence-electron chi connectivity index (χ1n) is 7.30. The molecule has 0 spiro atoms. The maximum absolute atomic E-state index is 11.8. The van der Waals surface area contributed by atoms with Gasteiger partial charge in [0.1, 0.15) is 0 Å². The Labute approximate surface area is 133 Å². The molecule has 0 aliphatic heterocycles. The molecule has 2 aromatic carbocycles. The molecular weight excluding hydrogens is 290 g/mol. The lowest BCUT2D eigenvalue weighted by Crippen LogP contribution is -2.19. The fourth-order valence-electron chi connectivity index (χ4n) is 2.66. The molecule has 1 heterocycles. The van der Waals surface area contributed by atoms with Crippen LogP contribution in [0.1, 0.15) is 15.9 Å². The number of hydrogen-bond donors (Lipinski definition) is 1. The molecule has 0 atom stereocenters. The van der Waals surface area contributed by atoms with Crippen LogP contribution in [0.3, 0.4) is 0 Å². The van der Waals surface area contributed by atoms with Crippen molar-refractivity contribution >= 4 is 16.8 Å². The number of benzene rings is 2. The van der Waals surface area contributed by atoms with Gasteiger partial charge >= 0.3 is 5.69 Å². The molecule has 0 unspecified atom stereocenters. The lowest BCUT2D eigenvalue weighted by molar-refractivity contribution is 0.0963. The van der Waals surface area contributed by atoms with Crippen LogP contribution in [0.5, 0.6) is 0 Å². The van der Waals surface area contributed by atoms with E-state index >= 15 is 0 Å². The predicted molar refractivity (Wildman–Crippen MR) is 90.5 cm³/mol. The van der Waals surface area contributed by atoms with Crippen molar-refractivity contribution < 1.29 is 4.79 Å². The zero-order valence-electron chi connectivity index (χ0n) is 13.3. The molecule has 0 bridgehead atoms. The van der Waals surface area contributed by atoms with Gasteiger partial charge in [-0.05, 0) is 47.9 Å². The number of hydrogen-bond acceptors (Lipinski definition) is 3. The second kappa shape index (κ2) is 5.68. The first kappa shape index (κ1) is 15.0. The Morgan fingerprint density at radius 3 is 2.70 bits per heavy atom. The minimum Gasteiger partial charge on any atom is -0.355 e. The first-order valence-corrected chi connectivity index (χ1v) is 7.30. The minimum absolute atomic E-state index is 0.115. The molecule has 116 valence electrons. The van der Waals surface area contributed by atoms with E-state index in [4.69, 9.17) is 0 Å². The van der Waals surface area contributed by atoms with Gasteiger partial charge in [-0.25, -0.2) is 9.78 Å². The molecular formula is C18H17N3O2. The molecule has 0 fully saturated rings. The van der Waals surface area contributed by atoms with E-state index in [9.17, 15) is 9.59 Å². The van der Waals surface area contributed by atoms with Crippen molar-refractivity contribution in [1.82, 2.24) is 14.9 Å². The van der Waals surface area contributed by atoms with E-state index in [1.54, 1.807) is 20.3 Å². The Morgan fingerprint density at radius 2 is 1.96 bits per heavy atom. The Kier molecular flexibility index (Phi) is 3.70. The number of aryl methyl sites for hydroxylation is 2. The molecule has 3 rings (SSSR count). The summed E-state index contributed by atoms with van der Waals surface area (Å²) in [7, 11) is 3.32. The van der Waals surface area contributed by atoms with Crippen LogP contribution in [0.2, 0.25) is 0 Å². The average Bonchev–Trinajstić information content (AvgIpc) is 2.57. The Balaban J connectivity index is 2.19. The zero-order chi connectivity index (χ0) is 16.6. The lowest BCUT2D eigenvalue weighted by Gasteiger charge is -2.11. The van der Waals surface area contributed by atoms with Gasteiger partial charge in [-0.3, -0.25) is 9.36 Å². The highest BCUT2D eigenvalue weighted by molar-refractivity contribution is 5.96. The quantitative estimate of drug-likeness (QED) is 0.790. The molecule has 1 N–H and O–H groups in total. The van der Waals surface area contributed by atoms with Crippen LogP contribution in [0.15, 0.2) is 47.4 Å². The highest BCUT2D eigenvalue weighted by atomic mass is 16.1. The zero-order valence-corrected chi connectivity index (χ0v) is 13.3. The molecule has 0 radical (unpaired) electrons. The molecule has 5 heteroatoms. The van der Waals surface area contributed by atoms with E-state index in [0.29, 0.717) is 5.56 Å². The Bertz CT molecular complexity index is 974. The summed E-state index contributed by atoms with van der Waals surface area (Å²) in [5.74, 6) is -0.115. The molecule has 3 aromatic rings. The van der Waals surface area contributed by atoms with Gasteiger partial charge in [-0.2, -0.15) is 0 Å². The van der Waals surface area contributed by atoms with E-state index in [1.807, 2.05) is 43.3 Å². The molecule has 0 saturated heterocycles. The van der Waals surface area contributed by atoms with Crippen LogP contribution in [0, 0.1) is 6.92 Å². The van der Waals surface area contributed by atoms with Crippen LogP contribution in [-0.4, -0.2) is 22.5 Å². The summed E-state index contributed by atoms with van der Waals surface area (Å²) in [4.78, 5) is 27.3. The minimum atomic E-state index is -0.275. The molecule has 0 aliphatic carbocycles. The second-order valence-electron chi connectivity index (χ2n) is 5.48. The van der Waals surface area contributed by atoms with Gasteiger partial charge in [0.2, 0.25) is 0 Å². The summed E-state index contributed by atoms with van der Waals surface area (Å²) < 4.78 is 1.52. The third kappa shape index (κ3) is 2.61. The van der Waals surface area contributed by atoms with Gasteiger partial charge in [0.05, 0.1) is 5.52 Å². The number of carbonyl (C=O) groups is 1. The Hall–Kier alpha value is -2.95. The third-order valence-corrected chi connectivity index (χ3v) is 4.03. The van der Waals surface area contributed by atoms with Crippen molar-refractivity contribution in [3.63, 3.8) is 0 Å². The van der Waals surface area contributed by atoms with Gasteiger partial charge in [-0.1, -0.05) is 12.1 Å². The molecule has 0 aliphatic rings. The van der Waals surface area contributed by atoms with Crippen LogP contribution in [-0.2, 0) is 7.05 Å². The maximum Gasteiger partial charge on any atom is 0.347 e. The third-order valence-electron chi connectivity index (χ3n) is 4.03. The number of carbonyl (C=O) groups excluding carboxylic acids is 1. The summed E-state index contributed by atoms with van der Waals surface area (Å²) in [5, 5.41) is 3.52. The van der Waals surface area contributed by atoms with E-state index in [0.717, 1.165) is 27.6 Å². The fourth-order valence-corrected chi connectivity index (χ4v) is 2.66. The van der Waals surface area contributed by atoms with E-state index in [-0.39, 0.29) is 11.6 Å². The highest BCUT2D eigenvalue weighted by Crippen LogP contribution is 2.27. The largest absolute Gasteiger partial charge is 0.355 e. The summed E-state index contributed by atoms with van der Waals surface area (Å²) in [6.07, 6.45) is 1.58. The summed E-state index contributed by atoms with van der Waals surface area (Å²) in [6.45, 7) is 2.01. The van der Waals surface area contributed by atoms with Crippen molar-refractivity contribution in [2.45, 2.75) is 6.92 Å². The van der Waals surface area contributed by atoms with Gasteiger partial charge in [-0.15, -0.1) is 0 Å². The van der Waals surface area contributed by atoms with E-state index < -0.39 is 0 Å². The van der Waals surface area contributed by atoms with Gasteiger partial charge in [0, 0.05) is 31.2 Å². The number of fused-ring (bicyclic) bond motifs is 1. The van der Waals surface area contributed by atoms with Gasteiger partial charge in [0.25, 0.3) is 5.91 Å². The van der Waals surface area contributed by atoms with Crippen LogP contribution >= 0.6 is 0 Å². The molecule has 1 aromatic heterocycles. The fraction of sp³-hybridized carbons (Fsp3) is 0.167. The molecule has 5 nitrogen and oxygen atoms in total. The smallest absolute Gasteiger partial charge is 0.347 e. The number of nitrogens with one attached hydrogen (secondary N) is 1. The monoisotopic (exact) mass is 307 g/mol. The summed E-state index contributed by atoms with van der Waals surface area (Å²) in [5.41, 5.74) is 4.22. The topological polar surface area (TPSA) is 64.0 Å². The second-order valence-corrected chi connectivity index (χ2v) is 5.48. The van der Waals surface area contributed by atoms with Gasteiger partial charge < -0.3 is 5.32 Å². The summed E-state index contributed by atoms with van der Waals surface area (Å²) >= 11 is 0. The number of aromatic nitrogens is 2. The highest BCUT2D eigenvalue weighted by Gasteiger charge is 2.09. The molecule has 1 amide bonds. The predicted octanol–water partition coefficient (Wildman–Crippen LogP) is 2.27. The average molecular weight is 307 g/mol. The molecule has 23 heavy (non-hydrogen) atoms. The summed E-state index contributed by atoms with van der Waals surface area (Å²) in [6, 6.07) is 11.5. The first-order chi connectivity index (χ1) is 11.0. The molecule has 0 saturated carbocycles. The van der Waals surface area contributed by atoms with E-state index in [2.05, 4.69) is 10.3 Å². The number of nitrogens with zero attached hydrogens (tertiary/aromatic N) is 2. The SMILES string of the molecule is CNC(=O)c1ccc(C)c(-c2ccc3c(cnc(=O)n3C)c2)c1. The van der Waals surface area contributed by atoms with Crippen molar-refractivity contribution in [2.75, 3.05) is 7.05 Å². The van der Waals surface area contributed by atoms with Crippen molar-refractivity contribution in [1.29, 1.82) is 0 Å². The number of amides is 1. The number of rotatable bonds is 2. The lowest BCUT2D eigenvalue weighted by atomic mass is 9.97. The van der Waals surface area contributed by atoms with E-state index in [1.165, 1.54) is 4.57 Å².